The predicted molar refractivity (Wildman–Crippen MR) is 71.8 cm³/mol. The second kappa shape index (κ2) is 7.53. The van der Waals surface area contributed by atoms with Crippen LogP contribution in [0.4, 0.5) is 0 Å². The van der Waals surface area contributed by atoms with Gasteiger partial charge in [-0.05, 0) is 11.5 Å². The van der Waals surface area contributed by atoms with Crippen LogP contribution in [0.1, 0.15) is 25.3 Å². The molecule has 0 aliphatic carbocycles. The summed E-state index contributed by atoms with van der Waals surface area (Å²) < 4.78 is 5.14. The van der Waals surface area contributed by atoms with Crippen molar-refractivity contribution in [2.75, 3.05) is 0 Å². The Morgan fingerprint density at radius 1 is 1.26 bits per heavy atom. The Hall–Kier alpha value is -1.88. The molecule has 1 rings (SSSR count). The molecule has 1 amide bonds. The van der Waals surface area contributed by atoms with E-state index in [0.717, 1.165) is 5.56 Å². The highest BCUT2D eigenvalue weighted by molar-refractivity contribution is 5.81. The molecule has 19 heavy (non-hydrogen) atoms. The average molecular weight is 264 g/mol. The van der Waals surface area contributed by atoms with Gasteiger partial charge in [-0.1, -0.05) is 43.7 Å². The van der Waals surface area contributed by atoms with E-state index in [1.807, 2.05) is 37.3 Å². The van der Waals surface area contributed by atoms with Gasteiger partial charge in [0.15, 0.2) is 0 Å². The number of amides is 1. The van der Waals surface area contributed by atoms with Crippen molar-refractivity contribution in [2.45, 2.75) is 32.4 Å². The molecule has 5 nitrogen and oxygen atoms in total. The number of esters is 1. The third kappa shape index (κ3) is 5.09. The number of ether oxygens (including phenoxy) is 1. The van der Waals surface area contributed by atoms with Crippen LogP contribution in [0.3, 0.4) is 0 Å². The molecule has 0 heterocycles. The third-order valence-electron chi connectivity index (χ3n) is 3.03. The quantitative estimate of drug-likeness (QED) is 0.717. The molecule has 4 N–H and O–H groups in total. The molecule has 0 radical (unpaired) electrons. The van der Waals surface area contributed by atoms with E-state index < -0.39 is 11.9 Å². The first-order valence-corrected chi connectivity index (χ1v) is 6.29. The summed E-state index contributed by atoms with van der Waals surface area (Å²) in [7, 11) is 0. The van der Waals surface area contributed by atoms with Gasteiger partial charge in [0.05, 0.1) is 12.5 Å². The van der Waals surface area contributed by atoms with Crippen LogP contribution in [0.15, 0.2) is 30.3 Å². The maximum absolute atomic E-state index is 11.7. The third-order valence-corrected chi connectivity index (χ3v) is 3.03. The number of primary amides is 1. The highest BCUT2D eigenvalue weighted by atomic mass is 16.5. The second-order valence-electron chi connectivity index (χ2n) is 4.45. The number of carbonyl (C=O) groups excluding carboxylic acids is 2. The molecule has 0 saturated heterocycles. The standard InChI is InChI=1S/C14H20N2O3/c1-2-11(13(15)14(16)18)8-12(17)19-9-10-6-4-3-5-7-10/h3-7,11,13H,2,8-9,15H2,1H3,(H2,16,18)/t11?,13-/m0/s1. The summed E-state index contributed by atoms with van der Waals surface area (Å²) >= 11 is 0. The van der Waals surface area contributed by atoms with E-state index in [1.54, 1.807) is 0 Å². The monoisotopic (exact) mass is 264 g/mol. The lowest BCUT2D eigenvalue weighted by Gasteiger charge is -2.18. The van der Waals surface area contributed by atoms with Crippen molar-refractivity contribution in [3.8, 4) is 0 Å². The molecule has 0 fully saturated rings. The molecule has 0 aliphatic rings. The fourth-order valence-corrected chi connectivity index (χ4v) is 1.77. The lowest BCUT2D eigenvalue weighted by atomic mass is 9.94. The molecule has 1 aromatic rings. The molecule has 1 aromatic carbocycles. The number of hydrogen-bond donors (Lipinski definition) is 2. The van der Waals surface area contributed by atoms with E-state index in [4.69, 9.17) is 16.2 Å². The van der Waals surface area contributed by atoms with Crippen LogP contribution >= 0.6 is 0 Å². The summed E-state index contributed by atoms with van der Waals surface area (Å²) in [5, 5.41) is 0. The van der Waals surface area contributed by atoms with Crippen molar-refractivity contribution in [2.24, 2.45) is 17.4 Å². The molecule has 0 aliphatic heterocycles. The van der Waals surface area contributed by atoms with Crippen molar-refractivity contribution in [1.82, 2.24) is 0 Å². The van der Waals surface area contributed by atoms with Crippen molar-refractivity contribution >= 4 is 11.9 Å². The second-order valence-corrected chi connectivity index (χ2v) is 4.45. The van der Waals surface area contributed by atoms with Crippen molar-refractivity contribution < 1.29 is 14.3 Å². The van der Waals surface area contributed by atoms with E-state index in [0.29, 0.717) is 6.42 Å². The molecular formula is C14H20N2O3. The van der Waals surface area contributed by atoms with Gasteiger partial charge in [0.2, 0.25) is 5.91 Å². The molecule has 2 atom stereocenters. The number of nitrogens with two attached hydrogens (primary N) is 2. The molecule has 0 aromatic heterocycles. The zero-order valence-electron chi connectivity index (χ0n) is 11.0. The summed E-state index contributed by atoms with van der Waals surface area (Å²) in [4.78, 5) is 22.7. The van der Waals surface area contributed by atoms with Crippen molar-refractivity contribution in [3.05, 3.63) is 35.9 Å². The molecule has 0 bridgehead atoms. The molecule has 0 spiro atoms. The zero-order chi connectivity index (χ0) is 14.3. The molecular weight excluding hydrogens is 244 g/mol. The van der Waals surface area contributed by atoms with Gasteiger partial charge in [0.25, 0.3) is 0 Å². The number of hydrogen-bond acceptors (Lipinski definition) is 4. The number of benzene rings is 1. The van der Waals surface area contributed by atoms with Crippen LogP contribution in [0.25, 0.3) is 0 Å². The van der Waals surface area contributed by atoms with Crippen LogP contribution in [0.5, 0.6) is 0 Å². The van der Waals surface area contributed by atoms with Gasteiger partial charge < -0.3 is 16.2 Å². The highest BCUT2D eigenvalue weighted by Gasteiger charge is 2.24. The van der Waals surface area contributed by atoms with E-state index in [9.17, 15) is 9.59 Å². The summed E-state index contributed by atoms with van der Waals surface area (Å²) in [6, 6.07) is 8.58. The van der Waals surface area contributed by atoms with Crippen LogP contribution in [0, 0.1) is 5.92 Å². The van der Waals surface area contributed by atoms with Crippen LogP contribution in [-0.2, 0) is 20.9 Å². The van der Waals surface area contributed by atoms with Gasteiger partial charge in [-0.2, -0.15) is 0 Å². The lowest BCUT2D eigenvalue weighted by Crippen LogP contribution is -2.43. The summed E-state index contributed by atoms with van der Waals surface area (Å²) in [5.41, 5.74) is 11.7. The topological polar surface area (TPSA) is 95.4 Å². The van der Waals surface area contributed by atoms with E-state index in [-0.39, 0.29) is 24.9 Å². The summed E-state index contributed by atoms with van der Waals surface area (Å²) in [6.45, 7) is 2.08. The normalized spacial score (nSPS) is 13.6. The van der Waals surface area contributed by atoms with Gasteiger partial charge in [-0.3, -0.25) is 9.59 Å². The molecule has 5 heteroatoms. The predicted octanol–water partition coefficient (Wildman–Crippen LogP) is 0.959. The SMILES string of the molecule is CCC(CC(=O)OCc1ccccc1)[C@H](N)C(N)=O. The average Bonchev–Trinajstić information content (AvgIpc) is 2.42. The lowest BCUT2D eigenvalue weighted by molar-refractivity contribution is -0.146. The molecule has 104 valence electrons. The smallest absolute Gasteiger partial charge is 0.306 e. The Bertz CT molecular complexity index is 420. The minimum absolute atomic E-state index is 0.105. The van der Waals surface area contributed by atoms with Gasteiger partial charge in [0, 0.05) is 0 Å². The maximum atomic E-state index is 11.7. The van der Waals surface area contributed by atoms with E-state index in [1.165, 1.54) is 0 Å². The first-order chi connectivity index (χ1) is 9.04. The first kappa shape index (κ1) is 15.2. The fourth-order valence-electron chi connectivity index (χ4n) is 1.77. The summed E-state index contributed by atoms with van der Waals surface area (Å²) in [5.74, 6) is -1.24. The highest BCUT2D eigenvalue weighted by Crippen LogP contribution is 2.13. The van der Waals surface area contributed by atoms with Crippen LogP contribution in [-0.4, -0.2) is 17.9 Å². The van der Waals surface area contributed by atoms with Crippen molar-refractivity contribution in [3.63, 3.8) is 0 Å². The Balaban J connectivity index is 2.43. The van der Waals surface area contributed by atoms with E-state index >= 15 is 0 Å². The Morgan fingerprint density at radius 3 is 2.42 bits per heavy atom. The molecule has 0 saturated carbocycles. The van der Waals surface area contributed by atoms with Gasteiger partial charge >= 0.3 is 5.97 Å². The number of carbonyl (C=O) groups is 2. The van der Waals surface area contributed by atoms with Gasteiger partial charge in [-0.25, -0.2) is 0 Å². The maximum Gasteiger partial charge on any atom is 0.306 e. The Labute approximate surface area is 112 Å². The Morgan fingerprint density at radius 2 is 1.89 bits per heavy atom. The first-order valence-electron chi connectivity index (χ1n) is 6.29. The largest absolute Gasteiger partial charge is 0.461 e. The van der Waals surface area contributed by atoms with Crippen LogP contribution in [0.2, 0.25) is 0 Å². The summed E-state index contributed by atoms with van der Waals surface area (Å²) in [6.07, 6.45) is 0.706. The van der Waals surface area contributed by atoms with Gasteiger partial charge in [-0.15, -0.1) is 0 Å². The number of rotatable bonds is 7. The minimum atomic E-state index is -0.811. The van der Waals surface area contributed by atoms with Gasteiger partial charge in [0.1, 0.15) is 6.61 Å². The van der Waals surface area contributed by atoms with Crippen LogP contribution < -0.4 is 11.5 Å². The minimum Gasteiger partial charge on any atom is -0.461 e. The fraction of sp³-hybridized carbons (Fsp3) is 0.429. The zero-order valence-corrected chi connectivity index (χ0v) is 11.0. The Kier molecular flexibility index (Phi) is 6.02. The molecule has 1 unspecified atom stereocenters. The van der Waals surface area contributed by atoms with Crippen molar-refractivity contribution in [1.29, 1.82) is 0 Å². The van der Waals surface area contributed by atoms with E-state index in [2.05, 4.69) is 0 Å².